The van der Waals surface area contributed by atoms with Crippen molar-refractivity contribution in [1.82, 2.24) is 5.32 Å². The van der Waals surface area contributed by atoms with Crippen LogP contribution in [-0.4, -0.2) is 44.5 Å². The maximum Gasteiger partial charge on any atom is 0.325 e. The summed E-state index contributed by atoms with van der Waals surface area (Å²) < 4.78 is 9.58. The van der Waals surface area contributed by atoms with Crippen molar-refractivity contribution < 1.29 is 28.7 Å². The Hall–Kier alpha value is -2.42. The lowest BCUT2D eigenvalue weighted by atomic mass is 10.1. The number of benzene rings is 1. The average Bonchev–Trinajstić information content (AvgIpc) is 2.67. The number of amides is 2. The van der Waals surface area contributed by atoms with Gasteiger partial charge in [-0.25, -0.2) is 0 Å². The van der Waals surface area contributed by atoms with Gasteiger partial charge in [-0.05, 0) is 36.5 Å². The molecule has 31 heavy (non-hydrogen) atoms. The maximum absolute atomic E-state index is 11.4. The number of hydrogen-bond acceptors (Lipinski definition) is 6. The molecule has 3 N–H and O–H groups in total. The summed E-state index contributed by atoms with van der Waals surface area (Å²) in [5.41, 5.74) is 5.67. The monoisotopic (exact) mass is 504 g/mol. The Bertz CT molecular complexity index is 627. The smallest absolute Gasteiger partial charge is 0.325 e. The molecule has 0 heterocycles. The van der Waals surface area contributed by atoms with Gasteiger partial charge in [0, 0.05) is 24.7 Å². The van der Waals surface area contributed by atoms with E-state index in [-0.39, 0.29) is 24.3 Å². The molecule has 0 atom stereocenters. The van der Waals surface area contributed by atoms with Gasteiger partial charge in [0.1, 0.15) is 6.54 Å². The first-order valence-corrected chi connectivity index (χ1v) is 10.5. The minimum absolute atomic E-state index is 0.0619. The van der Waals surface area contributed by atoms with Crippen molar-refractivity contribution in [2.75, 3.05) is 20.8 Å². The fourth-order valence-corrected chi connectivity index (χ4v) is 1.70. The summed E-state index contributed by atoms with van der Waals surface area (Å²) in [6.45, 7) is 9.10. The summed E-state index contributed by atoms with van der Waals surface area (Å²) >= 11 is 3.37. The molecule has 0 saturated heterocycles. The molecule has 1 aromatic carbocycles. The molecule has 8 nitrogen and oxygen atoms in total. The molecular weight excluding hydrogens is 468 g/mol. The fraction of sp³-hybridized carbons (Fsp3) is 0.545. The molecule has 178 valence electrons. The third kappa shape index (κ3) is 35.4. The zero-order valence-corrected chi connectivity index (χ0v) is 21.2. The molecule has 0 bridgehead atoms. The van der Waals surface area contributed by atoms with Gasteiger partial charge in [-0.1, -0.05) is 48.8 Å². The molecule has 2 amide bonds. The number of ether oxygens (including phenoxy) is 2. The Morgan fingerprint density at radius 1 is 1.00 bits per heavy atom. The third-order valence-electron chi connectivity index (χ3n) is 2.73. The van der Waals surface area contributed by atoms with Gasteiger partial charge in [0.15, 0.2) is 0 Å². The lowest BCUT2D eigenvalue weighted by Gasteiger charge is -2.04. The van der Waals surface area contributed by atoms with E-state index in [1.165, 1.54) is 33.6 Å². The van der Waals surface area contributed by atoms with Gasteiger partial charge in [0.2, 0.25) is 11.8 Å². The molecule has 0 aliphatic heterocycles. The van der Waals surface area contributed by atoms with Gasteiger partial charge in [0.05, 0.1) is 14.2 Å². The maximum atomic E-state index is 11.4. The summed E-state index contributed by atoms with van der Waals surface area (Å²) in [6.07, 6.45) is 2.01. The van der Waals surface area contributed by atoms with Crippen LogP contribution in [0.1, 0.15) is 53.0 Å². The second kappa shape index (κ2) is 22.3. The molecular formula is C22H37BrN2O6. The summed E-state index contributed by atoms with van der Waals surface area (Å²) in [7, 11) is 2.64. The zero-order chi connectivity index (χ0) is 24.8. The van der Waals surface area contributed by atoms with Crippen molar-refractivity contribution in [2.45, 2.75) is 53.9 Å². The highest BCUT2D eigenvalue weighted by Gasteiger charge is 2.05. The number of aryl methyl sites for hydroxylation is 1. The Morgan fingerprint density at radius 2 is 1.42 bits per heavy atom. The topological polar surface area (TPSA) is 125 Å². The van der Waals surface area contributed by atoms with Crippen LogP contribution in [0, 0.1) is 5.92 Å². The van der Waals surface area contributed by atoms with E-state index in [1.807, 2.05) is 24.3 Å². The van der Waals surface area contributed by atoms with E-state index in [1.54, 1.807) is 0 Å². The number of hydrogen-bond donors (Lipinski definition) is 2. The molecule has 0 spiro atoms. The van der Waals surface area contributed by atoms with Gasteiger partial charge < -0.3 is 20.5 Å². The van der Waals surface area contributed by atoms with Crippen molar-refractivity contribution in [1.29, 1.82) is 0 Å². The summed E-state index contributed by atoms with van der Waals surface area (Å²) in [5.74, 6) is -0.307. The van der Waals surface area contributed by atoms with Crippen LogP contribution < -0.4 is 11.1 Å². The number of methoxy groups -OCH3 is 2. The van der Waals surface area contributed by atoms with Gasteiger partial charge in [0.25, 0.3) is 0 Å². The SMILES string of the molecule is CC(C)C.CC(N)=O.COC(=O)CNC(=O)CCCc1ccc(Br)cc1.COC(C)=O. The minimum atomic E-state index is -0.434. The van der Waals surface area contributed by atoms with Crippen molar-refractivity contribution >= 4 is 39.7 Å². The van der Waals surface area contributed by atoms with Crippen LogP contribution in [0.15, 0.2) is 28.7 Å². The number of carbonyl (C=O) groups is 4. The molecule has 0 aliphatic rings. The van der Waals surface area contributed by atoms with E-state index in [0.29, 0.717) is 6.42 Å². The Balaban J connectivity index is -0.000000493. The van der Waals surface area contributed by atoms with Crippen molar-refractivity contribution in [2.24, 2.45) is 11.7 Å². The predicted molar refractivity (Wildman–Crippen MR) is 125 cm³/mol. The molecule has 9 heteroatoms. The molecule has 0 aliphatic carbocycles. The minimum Gasteiger partial charge on any atom is -0.469 e. The van der Waals surface area contributed by atoms with Crippen LogP contribution in [0.3, 0.4) is 0 Å². The number of halogens is 1. The zero-order valence-electron chi connectivity index (χ0n) is 19.6. The van der Waals surface area contributed by atoms with Crippen LogP contribution in [0.25, 0.3) is 0 Å². The number of nitrogens with two attached hydrogens (primary N) is 1. The van der Waals surface area contributed by atoms with Crippen LogP contribution in [-0.2, 0) is 35.1 Å². The highest BCUT2D eigenvalue weighted by Crippen LogP contribution is 2.12. The number of nitrogens with one attached hydrogen (secondary N) is 1. The van der Waals surface area contributed by atoms with Gasteiger partial charge in [-0.3, -0.25) is 19.2 Å². The van der Waals surface area contributed by atoms with E-state index in [4.69, 9.17) is 0 Å². The largest absolute Gasteiger partial charge is 0.469 e. The first-order valence-electron chi connectivity index (χ1n) is 9.74. The van der Waals surface area contributed by atoms with Gasteiger partial charge in [-0.15, -0.1) is 0 Å². The molecule has 0 radical (unpaired) electrons. The average molecular weight is 505 g/mol. The number of primary amides is 1. The quantitative estimate of drug-likeness (QED) is 0.571. The van der Waals surface area contributed by atoms with E-state index >= 15 is 0 Å². The number of rotatable bonds is 6. The molecule has 0 saturated carbocycles. The van der Waals surface area contributed by atoms with E-state index in [2.05, 4.69) is 57.2 Å². The second-order valence-electron chi connectivity index (χ2n) is 6.87. The van der Waals surface area contributed by atoms with E-state index in [9.17, 15) is 19.2 Å². The predicted octanol–water partition coefficient (Wildman–Crippen LogP) is 3.39. The van der Waals surface area contributed by atoms with Crippen LogP contribution >= 0.6 is 15.9 Å². The van der Waals surface area contributed by atoms with Gasteiger partial charge >= 0.3 is 11.9 Å². The Labute approximate surface area is 194 Å². The fourth-order valence-electron chi connectivity index (χ4n) is 1.44. The van der Waals surface area contributed by atoms with Crippen molar-refractivity contribution in [3.8, 4) is 0 Å². The molecule has 0 aromatic heterocycles. The first-order chi connectivity index (χ1) is 14.3. The highest BCUT2D eigenvalue weighted by atomic mass is 79.9. The van der Waals surface area contributed by atoms with E-state index < -0.39 is 5.97 Å². The summed E-state index contributed by atoms with van der Waals surface area (Å²) in [5, 5.41) is 2.51. The standard InChI is InChI=1S/C13H16BrNO3.C4H10.C3H6O2.C2H5NO/c1-18-13(17)9-15-12(16)4-2-3-10-5-7-11(14)8-6-10;1-4(2)3;1-3(4)5-2;1-2(3)4/h5-8H,2-4,9H2,1H3,(H,15,16);4H,1-3H3;1-2H3;1H3,(H2,3,4). The Morgan fingerprint density at radius 3 is 1.77 bits per heavy atom. The molecule has 1 rings (SSSR count). The first kappa shape index (κ1) is 33.2. The molecule has 1 aromatic rings. The van der Waals surface area contributed by atoms with Crippen LogP contribution in [0.2, 0.25) is 0 Å². The second-order valence-corrected chi connectivity index (χ2v) is 7.79. The Kier molecular flexibility index (Phi) is 23.9. The van der Waals surface area contributed by atoms with E-state index in [0.717, 1.165) is 23.2 Å². The molecule has 0 fully saturated rings. The van der Waals surface area contributed by atoms with Crippen molar-refractivity contribution in [3.05, 3.63) is 34.3 Å². The lowest BCUT2D eigenvalue weighted by Crippen LogP contribution is -2.29. The molecule has 0 unspecified atom stereocenters. The van der Waals surface area contributed by atoms with Crippen molar-refractivity contribution in [3.63, 3.8) is 0 Å². The summed E-state index contributed by atoms with van der Waals surface area (Å²) in [4.78, 5) is 41.0. The summed E-state index contributed by atoms with van der Waals surface area (Å²) in [6, 6.07) is 8.01. The number of carbonyl (C=O) groups excluding carboxylic acids is 4. The number of esters is 2. The van der Waals surface area contributed by atoms with Gasteiger partial charge in [-0.2, -0.15) is 0 Å². The lowest BCUT2D eigenvalue weighted by molar-refractivity contribution is -0.141. The van der Waals surface area contributed by atoms with Crippen LogP contribution in [0.5, 0.6) is 0 Å². The third-order valence-corrected chi connectivity index (χ3v) is 3.26. The highest BCUT2D eigenvalue weighted by molar-refractivity contribution is 9.10. The normalized spacial score (nSPS) is 8.81. The van der Waals surface area contributed by atoms with Crippen LogP contribution in [0.4, 0.5) is 0 Å².